The fourth-order valence-corrected chi connectivity index (χ4v) is 12.7. The molecule has 0 spiro atoms. The van der Waals surface area contributed by atoms with Gasteiger partial charge >= 0.3 is 150 Å². The molecule has 0 radical (unpaired) electrons. The standard InChI is InChI=1S/C7H7.C6H3Cl2.C6H5.Bi/c1-7-5-3-2-4-6-7;7-5-3-1-2-4-6(5)8;1-2-4-6-5-3-1;/h3-6H,1H3;1-3H;1-5H;. The Morgan fingerprint density at radius 2 is 1.32 bits per heavy atom. The second-order valence-electron chi connectivity index (χ2n) is 5.08. The molecule has 0 bridgehead atoms. The van der Waals surface area contributed by atoms with Gasteiger partial charge in [-0.05, 0) is 0 Å². The number of halogens is 2. The molecule has 3 aromatic rings. The summed E-state index contributed by atoms with van der Waals surface area (Å²) < 4.78 is 4.06. The van der Waals surface area contributed by atoms with Gasteiger partial charge in [0.05, 0.1) is 0 Å². The molecule has 3 rings (SSSR count). The van der Waals surface area contributed by atoms with Crippen molar-refractivity contribution < 1.29 is 0 Å². The predicted octanol–water partition coefficient (Wildman–Crippen LogP) is 3.82. The van der Waals surface area contributed by atoms with Gasteiger partial charge in [-0.25, -0.2) is 0 Å². The van der Waals surface area contributed by atoms with Gasteiger partial charge < -0.3 is 0 Å². The summed E-state index contributed by atoms with van der Waals surface area (Å²) in [6, 6.07) is 25.5. The number of hydrogen-bond donors (Lipinski definition) is 0. The van der Waals surface area contributed by atoms with Gasteiger partial charge in [0, 0.05) is 0 Å². The van der Waals surface area contributed by atoms with E-state index in [9.17, 15) is 0 Å². The zero-order valence-electron chi connectivity index (χ0n) is 12.1. The molecule has 0 aliphatic heterocycles. The Kier molecular flexibility index (Phi) is 5.19. The van der Waals surface area contributed by atoms with Crippen LogP contribution in [0, 0.1) is 6.92 Å². The van der Waals surface area contributed by atoms with Gasteiger partial charge in [0.1, 0.15) is 0 Å². The molecule has 0 aliphatic rings. The van der Waals surface area contributed by atoms with Crippen LogP contribution in [0.15, 0.2) is 72.8 Å². The first-order valence-corrected chi connectivity index (χ1v) is 13.0. The zero-order chi connectivity index (χ0) is 15.5. The summed E-state index contributed by atoms with van der Waals surface area (Å²) in [6.07, 6.45) is 0. The van der Waals surface area contributed by atoms with Crippen molar-refractivity contribution in [1.29, 1.82) is 0 Å². The molecule has 0 atom stereocenters. The van der Waals surface area contributed by atoms with Crippen molar-refractivity contribution in [3.05, 3.63) is 88.4 Å². The van der Waals surface area contributed by atoms with Crippen LogP contribution in [0.2, 0.25) is 10.0 Å². The van der Waals surface area contributed by atoms with E-state index in [0.717, 1.165) is 0 Å². The van der Waals surface area contributed by atoms with Gasteiger partial charge in [-0.3, -0.25) is 0 Å². The summed E-state index contributed by atoms with van der Waals surface area (Å²) in [5.74, 6) is 0. The van der Waals surface area contributed by atoms with Gasteiger partial charge in [-0.15, -0.1) is 0 Å². The Balaban J connectivity index is 2.19. The molecule has 3 heteroatoms. The molecule has 0 fully saturated rings. The average Bonchev–Trinajstić information content (AvgIpc) is 2.54. The van der Waals surface area contributed by atoms with Gasteiger partial charge in [-0.1, -0.05) is 0 Å². The van der Waals surface area contributed by atoms with E-state index in [4.69, 9.17) is 23.2 Å². The molecule has 0 aliphatic carbocycles. The Labute approximate surface area is 149 Å². The molecule has 0 heterocycles. The summed E-state index contributed by atoms with van der Waals surface area (Å²) in [5.41, 5.74) is 1.28. The van der Waals surface area contributed by atoms with Crippen LogP contribution in [0.3, 0.4) is 0 Å². The first kappa shape index (κ1) is 16.0. The number of hydrogen-bond acceptors (Lipinski definition) is 0. The minimum atomic E-state index is -2.40. The molecule has 0 amide bonds. The molecule has 22 heavy (non-hydrogen) atoms. The van der Waals surface area contributed by atoms with E-state index >= 15 is 0 Å². The number of benzene rings is 3. The van der Waals surface area contributed by atoms with Crippen molar-refractivity contribution in [3.8, 4) is 0 Å². The number of rotatable bonds is 3. The summed E-state index contributed by atoms with van der Waals surface area (Å²) in [5, 5.41) is 1.36. The van der Waals surface area contributed by atoms with Crippen LogP contribution in [0.5, 0.6) is 0 Å². The second-order valence-corrected chi connectivity index (χ2v) is 14.4. The average molecular weight is 523 g/mol. The van der Waals surface area contributed by atoms with Gasteiger partial charge in [0.15, 0.2) is 0 Å². The van der Waals surface area contributed by atoms with Crippen LogP contribution in [-0.2, 0) is 0 Å². The van der Waals surface area contributed by atoms with Crippen molar-refractivity contribution >= 4 is 54.8 Å². The van der Waals surface area contributed by atoms with E-state index in [-0.39, 0.29) is 0 Å². The van der Waals surface area contributed by atoms with Crippen molar-refractivity contribution in [3.63, 3.8) is 0 Å². The SMILES string of the molecule is Cc1cc[c]([Bi]([c]2ccccc2)[c]2cccc(Cl)c2Cl)cc1. The predicted molar refractivity (Wildman–Crippen MR) is 98.7 cm³/mol. The van der Waals surface area contributed by atoms with E-state index in [1.165, 1.54) is 15.4 Å². The summed E-state index contributed by atoms with van der Waals surface area (Å²) in [7, 11) is 0. The molecule has 0 N–H and O–H groups in total. The quantitative estimate of drug-likeness (QED) is 0.459. The molecule has 0 unspecified atom stereocenters. The van der Waals surface area contributed by atoms with E-state index in [1.807, 2.05) is 12.1 Å². The third-order valence-electron chi connectivity index (χ3n) is 3.48. The Morgan fingerprint density at radius 3 is 2.00 bits per heavy atom. The Bertz CT molecular complexity index is 767. The first-order chi connectivity index (χ1) is 10.7. The molecule has 3 aromatic carbocycles. The van der Waals surface area contributed by atoms with Crippen LogP contribution < -0.4 is 9.81 Å². The molecular formula is C19H15BiCl2. The molecule has 110 valence electrons. The fourth-order valence-electron chi connectivity index (χ4n) is 2.36. The fraction of sp³-hybridized carbons (Fsp3) is 0.0526. The third-order valence-corrected chi connectivity index (χ3v) is 14.5. The Morgan fingerprint density at radius 1 is 0.682 bits per heavy atom. The third kappa shape index (κ3) is 3.38. The topological polar surface area (TPSA) is 0 Å². The van der Waals surface area contributed by atoms with Crippen LogP contribution >= 0.6 is 23.2 Å². The summed E-state index contributed by atoms with van der Waals surface area (Å²) >= 11 is 10.4. The number of aryl methyl sites for hydroxylation is 1. The van der Waals surface area contributed by atoms with E-state index < -0.39 is 21.8 Å². The normalized spacial score (nSPS) is 10.9. The van der Waals surface area contributed by atoms with Crippen molar-refractivity contribution in [2.75, 3.05) is 0 Å². The molecule has 0 aromatic heterocycles. The zero-order valence-corrected chi connectivity index (χ0v) is 17.1. The molecular weight excluding hydrogens is 508 g/mol. The van der Waals surface area contributed by atoms with Crippen LogP contribution in [-0.4, -0.2) is 21.8 Å². The Hall–Kier alpha value is -0.877. The second kappa shape index (κ2) is 7.13. The van der Waals surface area contributed by atoms with Gasteiger partial charge in [0.25, 0.3) is 0 Å². The van der Waals surface area contributed by atoms with Crippen molar-refractivity contribution in [1.82, 2.24) is 0 Å². The first-order valence-electron chi connectivity index (χ1n) is 7.02. The van der Waals surface area contributed by atoms with Crippen molar-refractivity contribution in [2.24, 2.45) is 0 Å². The van der Waals surface area contributed by atoms with Gasteiger partial charge in [-0.2, -0.15) is 0 Å². The van der Waals surface area contributed by atoms with Crippen LogP contribution in [0.4, 0.5) is 0 Å². The van der Waals surface area contributed by atoms with Crippen LogP contribution in [0.25, 0.3) is 0 Å². The maximum atomic E-state index is 6.54. The molecule has 0 saturated carbocycles. The van der Waals surface area contributed by atoms with Gasteiger partial charge in [0.2, 0.25) is 0 Å². The summed E-state index contributed by atoms with van der Waals surface area (Å²) in [6.45, 7) is 2.11. The van der Waals surface area contributed by atoms with E-state index in [2.05, 4.69) is 67.6 Å². The molecule has 0 saturated heterocycles. The summed E-state index contributed by atoms with van der Waals surface area (Å²) in [4.78, 5) is 0. The van der Waals surface area contributed by atoms with E-state index in [0.29, 0.717) is 10.0 Å². The maximum absolute atomic E-state index is 6.54. The van der Waals surface area contributed by atoms with E-state index in [1.54, 1.807) is 0 Å². The van der Waals surface area contributed by atoms with Crippen molar-refractivity contribution in [2.45, 2.75) is 6.92 Å². The minimum absolute atomic E-state index is 0.641. The van der Waals surface area contributed by atoms with Crippen LogP contribution in [0.1, 0.15) is 5.56 Å². The monoisotopic (exact) mass is 522 g/mol. The molecule has 0 nitrogen and oxygen atoms in total.